The average molecular weight is 284 g/mol. The number of piperidine rings is 1. The van der Waals surface area contributed by atoms with Crippen LogP contribution in [0.15, 0.2) is 30.3 Å². The first-order valence-electron chi connectivity index (χ1n) is 6.59. The zero-order valence-electron chi connectivity index (χ0n) is 11.3. The quantitative estimate of drug-likeness (QED) is 0.924. The first kappa shape index (κ1) is 16.0. The van der Waals surface area contributed by atoms with E-state index in [4.69, 9.17) is 5.11 Å². The van der Waals surface area contributed by atoms with Gasteiger partial charge in [-0.25, -0.2) is 0 Å². The Hall–Kier alpha value is -1.06. The topological polar surface area (TPSA) is 40.5 Å². The molecule has 0 aromatic heterocycles. The van der Waals surface area contributed by atoms with E-state index in [0.29, 0.717) is 18.3 Å². The second-order valence-corrected chi connectivity index (χ2v) is 5.36. The largest absolute Gasteiger partial charge is 0.481 e. The molecule has 0 radical (unpaired) electrons. The summed E-state index contributed by atoms with van der Waals surface area (Å²) >= 11 is 0. The van der Waals surface area contributed by atoms with Gasteiger partial charge in [-0.15, -0.1) is 12.4 Å². The molecule has 1 aliphatic heterocycles. The lowest BCUT2D eigenvalue weighted by Crippen LogP contribution is -2.39. The van der Waals surface area contributed by atoms with Crippen molar-refractivity contribution in [1.29, 1.82) is 0 Å². The van der Waals surface area contributed by atoms with E-state index in [2.05, 4.69) is 24.1 Å². The molecule has 1 heterocycles. The first-order chi connectivity index (χ1) is 8.65. The minimum Gasteiger partial charge on any atom is -0.481 e. The van der Waals surface area contributed by atoms with Crippen molar-refractivity contribution in [3.05, 3.63) is 35.9 Å². The molecule has 0 aliphatic carbocycles. The molecule has 1 aromatic carbocycles. The molecule has 1 fully saturated rings. The van der Waals surface area contributed by atoms with Crippen LogP contribution in [0.25, 0.3) is 0 Å². The Kier molecular flexibility index (Phi) is 6.32. The maximum Gasteiger partial charge on any atom is 0.303 e. The van der Waals surface area contributed by atoms with Crippen LogP contribution in [0.3, 0.4) is 0 Å². The Balaban J connectivity index is 0.00000180. The number of benzene rings is 1. The maximum atomic E-state index is 10.9. The summed E-state index contributed by atoms with van der Waals surface area (Å²) in [6, 6.07) is 10.4. The van der Waals surface area contributed by atoms with Crippen LogP contribution in [-0.2, 0) is 11.2 Å². The number of rotatable bonds is 4. The second kappa shape index (κ2) is 7.51. The predicted molar refractivity (Wildman–Crippen MR) is 78.7 cm³/mol. The molecule has 0 bridgehead atoms. The van der Waals surface area contributed by atoms with Gasteiger partial charge in [-0.3, -0.25) is 4.79 Å². The molecule has 19 heavy (non-hydrogen) atoms. The van der Waals surface area contributed by atoms with Crippen LogP contribution in [0.2, 0.25) is 0 Å². The number of hydrogen-bond donors (Lipinski definition) is 1. The van der Waals surface area contributed by atoms with Crippen molar-refractivity contribution in [2.75, 3.05) is 20.1 Å². The van der Waals surface area contributed by atoms with E-state index >= 15 is 0 Å². The van der Waals surface area contributed by atoms with Gasteiger partial charge in [-0.05, 0) is 43.8 Å². The Morgan fingerprint density at radius 2 is 2.00 bits per heavy atom. The maximum absolute atomic E-state index is 10.9. The van der Waals surface area contributed by atoms with Gasteiger partial charge in [0, 0.05) is 13.0 Å². The fourth-order valence-corrected chi connectivity index (χ4v) is 2.90. The minimum atomic E-state index is -0.664. The van der Waals surface area contributed by atoms with Crippen molar-refractivity contribution < 1.29 is 9.90 Å². The van der Waals surface area contributed by atoms with Crippen LogP contribution in [0.5, 0.6) is 0 Å². The van der Waals surface area contributed by atoms with Gasteiger partial charge < -0.3 is 10.0 Å². The Morgan fingerprint density at radius 1 is 1.32 bits per heavy atom. The highest BCUT2D eigenvalue weighted by molar-refractivity contribution is 5.85. The molecule has 0 saturated carbocycles. The van der Waals surface area contributed by atoms with Gasteiger partial charge in [0.05, 0.1) is 0 Å². The molecule has 3 nitrogen and oxygen atoms in total. The molecular formula is C15H22ClNO2. The summed E-state index contributed by atoms with van der Waals surface area (Å²) < 4.78 is 0. The fraction of sp³-hybridized carbons (Fsp3) is 0.533. The highest BCUT2D eigenvalue weighted by Gasteiger charge is 2.29. The molecular weight excluding hydrogens is 262 g/mol. The zero-order chi connectivity index (χ0) is 13.0. The van der Waals surface area contributed by atoms with E-state index in [1.165, 1.54) is 5.56 Å². The van der Waals surface area contributed by atoms with E-state index in [1.54, 1.807) is 0 Å². The van der Waals surface area contributed by atoms with Crippen LogP contribution >= 0.6 is 12.4 Å². The molecule has 4 heteroatoms. The normalized spacial score (nSPS) is 23.6. The molecule has 1 aliphatic rings. The van der Waals surface area contributed by atoms with E-state index in [-0.39, 0.29) is 12.4 Å². The van der Waals surface area contributed by atoms with Crippen LogP contribution in [-0.4, -0.2) is 36.1 Å². The molecule has 2 atom stereocenters. The number of halogens is 1. The third-order valence-electron chi connectivity index (χ3n) is 3.87. The standard InChI is InChI=1S/C15H21NO2.ClH/c1-16-8-7-13(10-15(17)18)14(11-16)9-12-5-3-2-4-6-12;/h2-6,13-14H,7-11H2,1H3,(H,17,18);1H. The van der Waals surface area contributed by atoms with E-state index in [9.17, 15) is 4.79 Å². The number of hydrogen-bond acceptors (Lipinski definition) is 2. The first-order valence-corrected chi connectivity index (χ1v) is 6.59. The lowest BCUT2D eigenvalue weighted by atomic mass is 9.80. The van der Waals surface area contributed by atoms with Crippen LogP contribution in [0.4, 0.5) is 0 Å². The fourth-order valence-electron chi connectivity index (χ4n) is 2.90. The lowest BCUT2D eigenvalue weighted by molar-refractivity contribution is -0.139. The van der Waals surface area contributed by atoms with Gasteiger partial charge in [-0.1, -0.05) is 30.3 Å². The number of carboxylic acid groups (broad SMARTS) is 1. The highest BCUT2D eigenvalue weighted by atomic mass is 35.5. The van der Waals surface area contributed by atoms with Crippen molar-refractivity contribution >= 4 is 18.4 Å². The summed E-state index contributed by atoms with van der Waals surface area (Å²) in [7, 11) is 2.12. The second-order valence-electron chi connectivity index (χ2n) is 5.36. The SMILES string of the molecule is CN1CCC(CC(=O)O)C(Cc2ccccc2)C1.Cl. The van der Waals surface area contributed by atoms with E-state index in [0.717, 1.165) is 25.9 Å². The van der Waals surface area contributed by atoms with Gasteiger partial charge in [-0.2, -0.15) is 0 Å². The Labute approximate surface area is 121 Å². The third kappa shape index (κ3) is 4.84. The molecule has 1 N–H and O–H groups in total. The molecule has 0 amide bonds. The highest BCUT2D eigenvalue weighted by Crippen LogP contribution is 2.28. The number of carbonyl (C=O) groups is 1. The molecule has 106 valence electrons. The number of aliphatic carboxylic acids is 1. The summed E-state index contributed by atoms with van der Waals surface area (Å²) in [6.45, 7) is 2.02. The third-order valence-corrected chi connectivity index (χ3v) is 3.87. The molecule has 2 rings (SSSR count). The molecule has 1 saturated heterocycles. The van der Waals surface area contributed by atoms with Crippen molar-refractivity contribution in [2.24, 2.45) is 11.8 Å². The summed E-state index contributed by atoms with van der Waals surface area (Å²) in [6.07, 6.45) is 2.30. The molecule has 1 aromatic rings. The van der Waals surface area contributed by atoms with Crippen molar-refractivity contribution in [3.63, 3.8) is 0 Å². The van der Waals surface area contributed by atoms with E-state index in [1.807, 2.05) is 18.2 Å². The summed E-state index contributed by atoms with van der Waals surface area (Å²) in [4.78, 5) is 13.2. The number of nitrogens with zero attached hydrogens (tertiary/aromatic N) is 1. The van der Waals surface area contributed by atoms with Crippen molar-refractivity contribution in [3.8, 4) is 0 Å². The van der Waals surface area contributed by atoms with Crippen LogP contribution < -0.4 is 0 Å². The van der Waals surface area contributed by atoms with Gasteiger partial charge in [0.1, 0.15) is 0 Å². The smallest absolute Gasteiger partial charge is 0.303 e. The Morgan fingerprint density at radius 3 is 2.63 bits per heavy atom. The molecule has 2 unspecified atom stereocenters. The monoisotopic (exact) mass is 283 g/mol. The Bertz CT molecular complexity index is 396. The van der Waals surface area contributed by atoms with Gasteiger partial charge >= 0.3 is 5.97 Å². The molecule has 0 spiro atoms. The number of likely N-dealkylation sites (tertiary alicyclic amines) is 1. The van der Waals surface area contributed by atoms with Gasteiger partial charge in [0.15, 0.2) is 0 Å². The van der Waals surface area contributed by atoms with Gasteiger partial charge in [0.25, 0.3) is 0 Å². The summed E-state index contributed by atoms with van der Waals surface area (Å²) in [5.74, 6) is 0.115. The van der Waals surface area contributed by atoms with E-state index < -0.39 is 5.97 Å². The average Bonchev–Trinajstić information content (AvgIpc) is 2.33. The van der Waals surface area contributed by atoms with Crippen LogP contribution in [0.1, 0.15) is 18.4 Å². The predicted octanol–water partition coefficient (Wildman–Crippen LogP) is 2.69. The van der Waals surface area contributed by atoms with Crippen molar-refractivity contribution in [1.82, 2.24) is 4.90 Å². The lowest BCUT2D eigenvalue weighted by Gasteiger charge is -2.36. The minimum absolute atomic E-state index is 0. The van der Waals surface area contributed by atoms with Gasteiger partial charge in [0.2, 0.25) is 0 Å². The van der Waals surface area contributed by atoms with Crippen molar-refractivity contribution in [2.45, 2.75) is 19.3 Å². The zero-order valence-corrected chi connectivity index (χ0v) is 12.1. The summed E-state index contributed by atoms with van der Waals surface area (Å²) in [5, 5.41) is 9.00. The summed E-state index contributed by atoms with van der Waals surface area (Å²) in [5.41, 5.74) is 1.31. The number of carboxylic acids is 1. The van der Waals surface area contributed by atoms with Crippen LogP contribution in [0, 0.1) is 11.8 Å².